The van der Waals surface area contributed by atoms with Crippen LogP contribution in [-0.2, 0) is 4.79 Å². The quantitative estimate of drug-likeness (QED) is 0.793. The normalized spacial score (nSPS) is 15.5. The van der Waals surface area contributed by atoms with E-state index in [1.165, 1.54) is 25.7 Å². The van der Waals surface area contributed by atoms with Gasteiger partial charge in [0.05, 0.1) is 0 Å². The summed E-state index contributed by atoms with van der Waals surface area (Å²) >= 11 is 5.79. The third-order valence-electron chi connectivity index (χ3n) is 4.19. The minimum atomic E-state index is -0.191. The monoisotopic (exact) mass is 351 g/mol. The average Bonchev–Trinajstić information content (AvgIpc) is 2.84. The van der Waals surface area contributed by atoms with Gasteiger partial charge < -0.3 is 15.5 Å². The van der Waals surface area contributed by atoms with Crippen LogP contribution in [0.4, 0.5) is 0 Å². The van der Waals surface area contributed by atoms with Crippen molar-refractivity contribution in [1.29, 1.82) is 0 Å². The van der Waals surface area contributed by atoms with Gasteiger partial charge in [-0.15, -0.1) is 0 Å². The lowest BCUT2D eigenvalue weighted by Gasteiger charge is -2.19. The first kappa shape index (κ1) is 18.7. The van der Waals surface area contributed by atoms with Crippen LogP contribution in [0.3, 0.4) is 0 Å². The largest absolute Gasteiger partial charge is 0.355 e. The molecule has 0 saturated carbocycles. The Kier molecular flexibility index (Phi) is 8.05. The molecular weight excluding hydrogens is 326 g/mol. The Hall–Kier alpha value is -1.59. The van der Waals surface area contributed by atoms with Gasteiger partial charge in [-0.05, 0) is 50.2 Å². The van der Waals surface area contributed by atoms with Crippen molar-refractivity contribution in [2.45, 2.75) is 32.1 Å². The van der Waals surface area contributed by atoms with E-state index < -0.39 is 0 Å². The van der Waals surface area contributed by atoms with E-state index in [1.807, 2.05) is 0 Å². The summed E-state index contributed by atoms with van der Waals surface area (Å²) in [6.45, 7) is 4.17. The lowest BCUT2D eigenvalue weighted by atomic mass is 10.2. The molecule has 0 unspecified atom stereocenters. The van der Waals surface area contributed by atoms with Crippen molar-refractivity contribution in [3.63, 3.8) is 0 Å². The zero-order chi connectivity index (χ0) is 17.2. The number of likely N-dealkylation sites (tertiary alicyclic amines) is 1. The Bertz CT molecular complexity index is 526. The van der Waals surface area contributed by atoms with Gasteiger partial charge in [0.25, 0.3) is 5.91 Å². The fraction of sp³-hybridized carbons (Fsp3) is 0.556. The number of amides is 2. The topological polar surface area (TPSA) is 61.4 Å². The SMILES string of the molecule is O=C(CCNC(=O)c1ccc(Cl)cc1)NCCN1CCCCCC1. The highest BCUT2D eigenvalue weighted by Gasteiger charge is 2.10. The Morgan fingerprint density at radius 2 is 1.62 bits per heavy atom. The number of hydrogen-bond acceptors (Lipinski definition) is 3. The van der Waals surface area contributed by atoms with Gasteiger partial charge in [0.2, 0.25) is 5.91 Å². The zero-order valence-electron chi connectivity index (χ0n) is 14.0. The molecule has 0 aliphatic carbocycles. The van der Waals surface area contributed by atoms with E-state index in [0.29, 0.717) is 30.1 Å². The number of rotatable bonds is 7. The summed E-state index contributed by atoms with van der Waals surface area (Å²) in [6.07, 6.45) is 5.43. The van der Waals surface area contributed by atoms with Crippen molar-refractivity contribution in [2.75, 3.05) is 32.7 Å². The minimum absolute atomic E-state index is 0.0266. The van der Waals surface area contributed by atoms with Gasteiger partial charge in [0.1, 0.15) is 0 Å². The summed E-state index contributed by atoms with van der Waals surface area (Å²) in [5, 5.41) is 6.26. The van der Waals surface area contributed by atoms with E-state index >= 15 is 0 Å². The van der Waals surface area contributed by atoms with Gasteiger partial charge in [-0.3, -0.25) is 9.59 Å². The molecule has 6 heteroatoms. The minimum Gasteiger partial charge on any atom is -0.355 e. The van der Waals surface area contributed by atoms with Crippen LogP contribution in [0.15, 0.2) is 24.3 Å². The molecule has 2 amide bonds. The van der Waals surface area contributed by atoms with Crippen LogP contribution in [0.2, 0.25) is 5.02 Å². The number of hydrogen-bond donors (Lipinski definition) is 2. The van der Waals surface area contributed by atoms with Crippen molar-refractivity contribution >= 4 is 23.4 Å². The van der Waals surface area contributed by atoms with Crippen molar-refractivity contribution in [1.82, 2.24) is 15.5 Å². The molecule has 1 saturated heterocycles. The van der Waals surface area contributed by atoms with Crippen LogP contribution in [0, 0.1) is 0 Å². The Balaban J connectivity index is 1.57. The van der Waals surface area contributed by atoms with Crippen LogP contribution in [0.1, 0.15) is 42.5 Å². The molecule has 0 radical (unpaired) electrons. The van der Waals surface area contributed by atoms with Crippen molar-refractivity contribution in [2.24, 2.45) is 0 Å². The van der Waals surface area contributed by atoms with Crippen LogP contribution < -0.4 is 10.6 Å². The van der Waals surface area contributed by atoms with Gasteiger partial charge in [-0.2, -0.15) is 0 Å². The second-order valence-electron chi connectivity index (χ2n) is 6.12. The summed E-state index contributed by atoms with van der Waals surface area (Å²) < 4.78 is 0. The zero-order valence-corrected chi connectivity index (χ0v) is 14.8. The fourth-order valence-electron chi connectivity index (χ4n) is 2.79. The molecule has 1 aromatic carbocycles. The number of carbonyl (C=O) groups is 2. The highest BCUT2D eigenvalue weighted by molar-refractivity contribution is 6.30. The van der Waals surface area contributed by atoms with E-state index in [4.69, 9.17) is 11.6 Å². The van der Waals surface area contributed by atoms with Crippen LogP contribution in [0.25, 0.3) is 0 Å². The van der Waals surface area contributed by atoms with Gasteiger partial charge in [-0.1, -0.05) is 24.4 Å². The third-order valence-corrected chi connectivity index (χ3v) is 4.44. The van der Waals surface area contributed by atoms with Gasteiger partial charge in [0.15, 0.2) is 0 Å². The van der Waals surface area contributed by atoms with E-state index in [2.05, 4.69) is 15.5 Å². The Morgan fingerprint density at radius 3 is 2.29 bits per heavy atom. The number of nitrogens with one attached hydrogen (secondary N) is 2. The second-order valence-corrected chi connectivity index (χ2v) is 6.56. The predicted octanol–water partition coefficient (Wildman–Crippen LogP) is 2.45. The smallest absolute Gasteiger partial charge is 0.251 e. The molecular formula is C18H26ClN3O2. The second kappa shape index (κ2) is 10.3. The molecule has 0 aromatic heterocycles. The van der Waals surface area contributed by atoms with Gasteiger partial charge in [-0.25, -0.2) is 0 Å². The maximum absolute atomic E-state index is 11.9. The molecule has 1 fully saturated rings. The molecule has 2 N–H and O–H groups in total. The van der Waals surface area contributed by atoms with E-state index in [1.54, 1.807) is 24.3 Å². The maximum atomic E-state index is 11.9. The molecule has 0 atom stereocenters. The molecule has 2 rings (SSSR count). The van der Waals surface area contributed by atoms with Crippen LogP contribution >= 0.6 is 11.6 Å². The number of halogens is 1. The van der Waals surface area contributed by atoms with Crippen molar-refractivity contribution in [3.05, 3.63) is 34.9 Å². The molecule has 132 valence electrons. The molecule has 1 aromatic rings. The van der Waals surface area contributed by atoms with Gasteiger partial charge >= 0.3 is 0 Å². The molecule has 0 spiro atoms. The average molecular weight is 352 g/mol. The first-order chi connectivity index (χ1) is 11.6. The third kappa shape index (κ3) is 6.89. The Morgan fingerprint density at radius 1 is 0.958 bits per heavy atom. The maximum Gasteiger partial charge on any atom is 0.251 e. The standard InChI is InChI=1S/C18H26ClN3O2/c19-16-7-5-15(6-8-16)18(24)21-10-9-17(23)20-11-14-22-12-3-1-2-4-13-22/h5-8H,1-4,9-14H2,(H,20,23)(H,21,24). The number of benzene rings is 1. The molecule has 1 aliphatic heterocycles. The summed E-state index contributed by atoms with van der Waals surface area (Å²) in [5.74, 6) is -0.217. The molecule has 1 heterocycles. The summed E-state index contributed by atoms with van der Waals surface area (Å²) in [7, 11) is 0. The molecule has 24 heavy (non-hydrogen) atoms. The van der Waals surface area contributed by atoms with Crippen LogP contribution in [-0.4, -0.2) is 49.4 Å². The fourth-order valence-corrected chi connectivity index (χ4v) is 2.92. The number of nitrogens with zero attached hydrogens (tertiary/aromatic N) is 1. The van der Waals surface area contributed by atoms with E-state index in [9.17, 15) is 9.59 Å². The lowest BCUT2D eigenvalue weighted by Crippen LogP contribution is -2.36. The predicted molar refractivity (Wildman–Crippen MR) is 96.3 cm³/mol. The summed E-state index contributed by atoms with van der Waals surface area (Å²) in [6, 6.07) is 6.68. The molecule has 0 bridgehead atoms. The van der Waals surface area contributed by atoms with Crippen molar-refractivity contribution in [3.8, 4) is 0 Å². The number of carbonyl (C=O) groups excluding carboxylic acids is 2. The summed E-state index contributed by atoms with van der Waals surface area (Å²) in [4.78, 5) is 26.1. The molecule has 1 aliphatic rings. The molecule has 5 nitrogen and oxygen atoms in total. The Labute approximate surface area is 148 Å². The highest BCUT2D eigenvalue weighted by atomic mass is 35.5. The van der Waals surface area contributed by atoms with Crippen molar-refractivity contribution < 1.29 is 9.59 Å². The lowest BCUT2D eigenvalue weighted by molar-refractivity contribution is -0.121. The summed E-state index contributed by atoms with van der Waals surface area (Å²) in [5.41, 5.74) is 0.543. The van der Waals surface area contributed by atoms with Gasteiger partial charge in [0, 0.05) is 36.6 Å². The first-order valence-corrected chi connectivity index (χ1v) is 9.06. The van der Waals surface area contributed by atoms with E-state index in [0.717, 1.165) is 19.6 Å². The highest BCUT2D eigenvalue weighted by Crippen LogP contribution is 2.09. The first-order valence-electron chi connectivity index (χ1n) is 8.68. The van der Waals surface area contributed by atoms with E-state index in [-0.39, 0.29) is 11.8 Å². The van der Waals surface area contributed by atoms with Crippen LogP contribution in [0.5, 0.6) is 0 Å².